The van der Waals surface area contributed by atoms with Crippen LogP contribution in [0.4, 0.5) is 0 Å². The molecule has 0 unspecified atom stereocenters. The second kappa shape index (κ2) is 10.9. The number of hydrazone groups is 1. The number of hydrogen-bond acceptors (Lipinski definition) is 4. The van der Waals surface area contributed by atoms with Crippen LogP contribution in [0.3, 0.4) is 0 Å². The average Bonchev–Trinajstić information content (AvgIpc) is 3.23. The van der Waals surface area contributed by atoms with Gasteiger partial charge in [0.05, 0.1) is 17.7 Å². The third-order valence-corrected chi connectivity index (χ3v) is 6.84. The molecule has 0 radical (unpaired) electrons. The van der Waals surface area contributed by atoms with Gasteiger partial charge in [-0.2, -0.15) is 18.6 Å². The number of halogens is 1. The van der Waals surface area contributed by atoms with Crippen LogP contribution in [0.5, 0.6) is 0 Å². The molecule has 1 heterocycles. The summed E-state index contributed by atoms with van der Waals surface area (Å²) in [6.07, 6.45) is 4.22. The van der Waals surface area contributed by atoms with Gasteiger partial charge in [0, 0.05) is 22.3 Å². The monoisotopic (exact) mass is 506 g/mol. The summed E-state index contributed by atoms with van der Waals surface area (Å²) in [5.74, 6) is 0.500. The van der Waals surface area contributed by atoms with E-state index in [4.69, 9.17) is 16.7 Å². The van der Waals surface area contributed by atoms with Crippen LogP contribution < -0.4 is 4.83 Å². The summed E-state index contributed by atoms with van der Waals surface area (Å²) in [6, 6.07) is 24.2. The van der Waals surface area contributed by atoms with Crippen LogP contribution in [0, 0.1) is 5.92 Å². The molecule has 0 spiro atoms. The molecule has 8 heteroatoms. The third kappa shape index (κ3) is 6.59. The molecular formula is C27H27ClN4O2S. The summed E-state index contributed by atoms with van der Waals surface area (Å²) >= 11 is 5.99. The first-order chi connectivity index (χ1) is 16.8. The van der Waals surface area contributed by atoms with E-state index in [1.807, 2.05) is 72.9 Å². The zero-order valence-corrected chi connectivity index (χ0v) is 21.2. The zero-order valence-electron chi connectivity index (χ0n) is 19.6. The van der Waals surface area contributed by atoms with Crippen LogP contribution in [0.2, 0.25) is 5.02 Å². The molecule has 1 aromatic heterocycles. The topological polar surface area (TPSA) is 76.3 Å². The standard InChI is InChI=1S/C27H27ClN4O2S/c1-20(2)16-21-10-14-26(15-11-21)35(33,34)31-29-17-24-19-32(18-22-8-12-25(28)13-9-22)30-27(24)23-6-4-3-5-7-23/h3-15,17,19-20,31H,16,18H2,1-2H3/b29-17+. The first-order valence-electron chi connectivity index (χ1n) is 11.3. The normalized spacial score (nSPS) is 11.9. The summed E-state index contributed by atoms with van der Waals surface area (Å²) in [6.45, 7) is 4.80. The minimum Gasteiger partial charge on any atom is -0.267 e. The Morgan fingerprint density at radius 3 is 2.29 bits per heavy atom. The van der Waals surface area contributed by atoms with E-state index in [-0.39, 0.29) is 4.90 Å². The average molecular weight is 507 g/mol. The van der Waals surface area contributed by atoms with Crippen molar-refractivity contribution in [2.24, 2.45) is 11.0 Å². The van der Waals surface area contributed by atoms with Gasteiger partial charge in [-0.15, -0.1) is 0 Å². The number of sulfonamides is 1. The van der Waals surface area contributed by atoms with E-state index in [2.05, 4.69) is 23.8 Å². The maximum absolute atomic E-state index is 12.7. The molecule has 0 bridgehead atoms. The second-order valence-corrected chi connectivity index (χ2v) is 10.8. The van der Waals surface area contributed by atoms with Crippen molar-refractivity contribution in [2.45, 2.75) is 31.7 Å². The van der Waals surface area contributed by atoms with Crippen LogP contribution in [0.25, 0.3) is 11.3 Å². The predicted molar refractivity (Wildman–Crippen MR) is 141 cm³/mol. The largest absolute Gasteiger partial charge is 0.276 e. The second-order valence-electron chi connectivity index (χ2n) is 8.72. The van der Waals surface area contributed by atoms with Gasteiger partial charge in [0.15, 0.2) is 0 Å². The van der Waals surface area contributed by atoms with E-state index in [0.29, 0.717) is 28.7 Å². The number of nitrogens with zero attached hydrogens (tertiary/aromatic N) is 3. The molecule has 0 aliphatic carbocycles. The maximum atomic E-state index is 12.7. The lowest BCUT2D eigenvalue weighted by Crippen LogP contribution is -2.18. The van der Waals surface area contributed by atoms with Gasteiger partial charge in [0.1, 0.15) is 5.69 Å². The number of hydrogen-bond donors (Lipinski definition) is 1. The van der Waals surface area contributed by atoms with Crippen molar-refractivity contribution in [1.82, 2.24) is 14.6 Å². The minimum atomic E-state index is -3.79. The van der Waals surface area contributed by atoms with E-state index < -0.39 is 10.0 Å². The molecule has 0 atom stereocenters. The van der Waals surface area contributed by atoms with Crippen LogP contribution in [-0.4, -0.2) is 24.4 Å². The van der Waals surface area contributed by atoms with Crippen LogP contribution >= 0.6 is 11.6 Å². The molecule has 0 aliphatic heterocycles. The van der Waals surface area contributed by atoms with Gasteiger partial charge >= 0.3 is 0 Å². The van der Waals surface area contributed by atoms with Crippen LogP contribution in [-0.2, 0) is 23.0 Å². The molecule has 4 aromatic rings. The fourth-order valence-corrected chi connectivity index (χ4v) is 4.62. The van der Waals surface area contributed by atoms with E-state index in [0.717, 1.165) is 23.1 Å². The predicted octanol–water partition coefficient (Wildman–Crippen LogP) is 5.76. The molecule has 0 amide bonds. The lowest BCUT2D eigenvalue weighted by molar-refractivity contribution is 0.584. The van der Waals surface area contributed by atoms with Crippen molar-refractivity contribution < 1.29 is 8.42 Å². The van der Waals surface area contributed by atoms with Crippen molar-refractivity contribution in [3.63, 3.8) is 0 Å². The highest BCUT2D eigenvalue weighted by atomic mass is 35.5. The van der Waals surface area contributed by atoms with E-state index in [9.17, 15) is 8.42 Å². The fraction of sp³-hybridized carbons (Fsp3) is 0.185. The Bertz CT molecular complexity index is 1400. The third-order valence-electron chi connectivity index (χ3n) is 5.35. The molecule has 0 saturated heterocycles. The summed E-state index contributed by atoms with van der Waals surface area (Å²) in [7, 11) is -3.79. The molecule has 0 saturated carbocycles. The van der Waals surface area contributed by atoms with Crippen molar-refractivity contribution in [3.8, 4) is 11.3 Å². The minimum absolute atomic E-state index is 0.170. The van der Waals surface area contributed by atoms with E-state index >= 15 is 0 Å². The first kappa shape index (κ1) is 24.7. The molecule has 6 nitrogen and oxygen atoms in total. The van der Waals surface area contributed by atoms with Crippen molar-refractivity contribution in [2.75, 3.05) is 0 Å². The molecule has 180 valence electrons. The summed E-state index contributed by atoms with van der Waals surface area (Å²) in [4.78, 5) is 2.49. The van der Waals surface area contributed by atoms with Gasteiger partial charge in [0.25, 0.3) is 10.0 Å². The van der Waals surface area contributed by atoms with Crippen molar-refractivity contribution in [1.29, 1.82) is 0 Å². The van der Waals surface area contributed by atoms with Gasteiger partial charge in [-0.05, 0) is 47.7 Å². The van der Waals surface area contributed by atoms with E-state index in [1.54, 1.807) is 16.8 Å². The fourth-order valence-electron chi connectivity index (χ4n) is 3.70. The lowest BCUT2D eigenvalue weighted by atomic mass is 10.0. The summed E-state index contributed by atoms with van der Waals surface area (Å²) in [5.41, 5.74) is 4.46. The van der Waals surface area contributed by atoms with Gasteiger partial charge in [-0.3, -0.25) is 4.68 Å². The zero-order chi connectivity index (χ0) is 24.8. The SMILES string of the molecule is CC(C)Cc1ccc(S(=O)(=O)N/N=C/c2cn(Cc3ccc(Cl)cc3)nc2-c2ccccc2)cc1. The molecule has 4 rings (SSSR count). The van der Waals surface area contributed by atoms with E-state index in [1.165, 1.54) is 6.21 Å². The Hall–Kier alpha value is -3.42. The number of nitrogens with one attached hydrogen (secondary N) is 1. The number of benzene rings is 3. The van der Waals surface area contributed by atoms with Crippen molar-refractivity contribution >= 4 is 27.8 Å². The maximum Gasteiger partial charge on any atom is 0.276 e. The number of rotatable bonds is 9. The highest BCUT2D eigenvalue weighted by molar-refractivity contribution is 7.89. The Labute approximate surface area is 211 Å². The molecule has 3 aromatic carbocycles. The Balaban J connectivity index is 1.55. The number of aromatic nitrogens is 2. The molecule has 0 fully saturated rings. The molecule has 35 heavy (non-hydrogen) atoms. The van der Waals surface area contributed by atoms with Gasteiger partial charge in [-0.25, -0.2) is 4.83 Å². The Morgan fingerprint density at radius 1 is 0.971 bits per heavy atom. The molecular weight excluding hydrogens is 480 g/mol. The molecule has 0 aliphatic rings. The quantitative estimate of drug-likeness (QED) is 0.231. The lowest BCUT2D eigenvalue weighted by Gasteiger charge is -2.07. The van der Waals surface area contributed by atoms with Gasteiger partial charge < -0.3 is 0 Å². The van der Waals surface area contributed by atoms with Crippen molar-refractivity contribution in [3.05, 3.63) is 107 Å². The Morgan fingerprint density at radius 2 is 1.63 bits per heavy atom. The highest BCUT2D eigenvalue weighted by Crippen LogP contribution is 2.22. The van der Waals surface area contributed by atoms with Crippen LogP contribution in [0.1, 0.15) is 30.5 Å². The summed E-state index contributed by atoms with van der Waals surface area (Å²) < 4.78 is 27.3. The molecule has 1 N–H and O–H groups in total. The highest BCUT2D eigenvalue weighted by Gasteiger charge is 2.14. The van der Waals surface area contributed by atoms with Gasteiger partial charge in [0.2, 0.25) is 0 Å². The Kier molecular flexibility index (Phi) is 7.68. The summed E-state index contributed by atoms with van der Waals surface area (Å²) in [5, 5.41) is 9.44. The van der Waals surface area contributed by atoms with Gasteiger partial charge in [-0.1, -0.05) is 80.0 Å². The first-order valence-corrected chi connectivity index (χ1v) is 13.2. The van der Waals surface area contributed by atoms with Crippen LogP contribution in [0.15, 0.2) is 95.1 Å². The smallest absolute Gasteiger partial charge is 0.267 e.